The molecule has 27 heavy (non-hydrogen) atoms. The van der Waals surface area contributed by atoms with E-state index in [4.69, 9.17) is 0 Å². The van der Waals surface area contributed by atoms with Gasteiger partial charge in [-0.05, 0) is 54.4 Å². The molecule has 4 heteroatoms. The van der Waals surface area contributed by atoms with E-state index in [1.807, 2.05) is 17.0 Å². The molecule has 0 spiro atoms. The summed E-state index contributed by atoms with van der Waals surface area (Å²) in [5.74, 6) is 0. The van der Waals surface area contributed by atoms with E-state index in [9.17, 15) is 4.79 Å². The molecule has 1 aliphatic carbocycles. The summed E-state index contributed by atoms with van der Waals surface area (Å²) in [6.45, 7) is 7.94. The number of nitrogens with zero attached hydrogens (tertiary/aromatic N) is 2. The van der Waals surface area contributed by atoms with Gasteiger partial charge in [0, 0.05) is 22.4 Å². The molecule has 2 amide bonds. The standard InChI is InChI=1S/C23H26N2OS/c1-22(2)12-16-13-23(3,14-22)15-24(16)21(26)25-17-8-4-6-10-19(17)27-20-11-7-5-9-18(20)25/h4-11,16H,12-15H2,1-3H3/t16-,23-/m0/s1. The molecule has 0 unspecified atom stereocenters. The number of likely N-dealkylation sites (tertiary alicyclic amines) is 1. The molecule has 1 saturated carbocycles. The predicted molar refractivity (Wildman–Crippen MR) is 111 cm³/mol. The molecule has 0 radical (unpaired) electrons. The summed E-state index contributed by atoms with van der Waals surface area (Å²) in [5.41, 5.74) is 2.57. The molecule has 3 nitrogen and oxygen atoms in total. The lowest BCUT2D eigenvalue weighted by atomic mass is 9.65. The van der Waals surface area contributed by atoms with Crippen molar-refractivity contribution in [3.63, 3.8) is 0 Å². The van der Waals surface area contributed by atoms with Crippen molar-refractivity contribution < 1.29 is 4.79 Å². The molecule has 2 aromatic rings. The Morgan fingerprint density at radius 3 is 2.19 bits per heavy atom. The van der Waals surface area contributed by atoms with Gasteiger partial charge in [0.2, 0.25) is 0 Å². The zero-order chi connectivity index (χ0) is 18.8. The van der Waals surface area contributed by atoms with Crippen LogP contribution in [0.25, 0.3) is 0 Å². The van der Waals surface area contributed by atoms with Crippen molar-refractivity contribution in [1.82, 2.24) is 4.90 Å². The maximum absolute atomic E-state index is 13.9. The number of hydrogen-bond acceptors (Lipinski definition) is 2. The van der Waals surface area contributed by atoms with E-state index in [1.165, 1.54) is 6.42 Å². The maximum atomic E-state index is 13.9. The molecular weight excluding hydrogens is 352 g/mol. The number of carbonyl (C=O) groups excluding carboxylic acids is 1. The van der Waals surface area contributed by atoms with Gasteiger partial charge in [-0.1, -0.05) is 56.8 Å². The highest BCUT2D eigenvalue weighted by atomic mass is 32.2. The van der Waals surface area contributed by atoms with E-state index in [0.717, 1.165) is 40.6 Å². The smallest absolute Gasteiger partial charge is 0.320 e. The third-order valence-corrected chi connectivity index (χ3v) is 7.41. The Hall–Kier alpha value is -1.94. The minimum absolute atomic E-state index is 0.140. The molecule has 2 fully saturated rings. The van der Waals surface area contributed by atoms with E-state index in [-0.39, 0.29) is 11.4 Å². The second-order valence-corrected chi connectivity index (χ2v) is 10.6. The summed E-state index contributed by atoms with van der Waals surface area (Å²) >= 11 is 1.75. The van der Waals surface area contributed by atoms with Crippen LogP contribution in [0.4, 0.5) is 16.2 Å². The van der Waals surface area contributed by atoms with Gasteiger partial charge in [-0.2, -0.15) is 0 Å². The second kappa shape index (κ2) is 5.78. The summed E-state index contributed by atoms with van der Waals surface area (Å²) in [5, 5.41) is 0. The lowest BCUT2D eigenvalue weighted by Gasteiger charge is -2.40. The third kappa shape index (κ3) is 2.77. The van der Waals surface area contributed by atoms with Gasteiger partial charge in [0.25, 0.3) is 0 Å². The molecule has 2 heterocycles. The van der Waals surface area contributed by atoms with Crippen LogP contribution in [-0.2, 0) is 0 Å². The predicted octanol–water partition coefficient (Wildman–Crippen LogP) is 6.31. The van der Waals surface area contributed by atoms with Crippen LogP contribution in [0.1, 0.15) is 40.0 Å². The maximum Gasteiger partial charge on any atom is 0.329 e. The summed E-state index contributed by atoms with van der Waals surface area (Å²) in [6.07, 6.45) is 3.43. The monoisotopic (exact) mass is 378 g/mol. The number of para-hydroxylation sites is 2. The first kappa shape index (κ1) is 17.2. The highest BCUT2D eigenvalue weighted by Gasteiger charge is 2.52. The number of anilines is 2. The van der Waals surface area contributed by atoms with Gasteiger partial charge >= 0.3 is 6.03 Å². The van der Waals surface area contributed by atoms with Crippen LogP contribution in [0.15, 0.2) is 58.3 Å². The molecule has 2 atom stereocenters. The number of fused-ring (bicyclic) bond motifs is 4. The van der Waals surface area contributed by atoms with Gasteiger partial charge < -0.3 is 4.90 Å². The van der Waals surface area contributed by atoms with E-state index < -0.39 is 0 Å². The van der Waals surface area contributed by atoms with Crippen molar-refractivity contribution in [2.45, 2.75) is 55.9 Å². The fourth-order valence-corrected chi connectivity index (χ4v) is 6.78. The fraction of sp³-hybridized carbons (Fsp3) is 0.435. The zero-order valence-corrected chi connectivity index (χ0v) is 17.1. The SMILES string of the molecule is CC1(C)C[C@H]2C[C@](C)(CN2C(=O)N2c3ccccc3Sc3ccccc32)C1. The zero-order valence-electron chi connectivity index (χ0n) is 16.2. The van der Waals surface area contributed by atoms with Crippen molar-refractivity contribution in [1.29, 1.82) is 0 Å². The van der Waals surface area contributed by atoms with Crippen molar-refractivity contribution in [3.8, 4) is 0 Å². The van der Waals surface area contributed by atoms with Crippen LogP contribution < -0.4 is 4.90 Å². The largest absolute Gasteiger partial charge is 0.329 e. The molecule has 1 saturated heterocycles. The van der Waals surface area contributed by atoms with Gasteiger partial charge in [-0.25, -0.2) is 4.79 Å². The summed E-state index contributed by atoms with van der Waals surface area (Å²) in [6, 6.07) is 17.0. The van der Waals surface area contributed by atoms with E-state index in [0.29, 0.717) is 11.5 Å². The fourth-order valence-electron chi connectivity index (χ4n) is 5.72. The topological polar surface area (TPSA) is 23.6 Å². The van der Waals surface area contributed by atoms with E-state index >= 15 is 0 Å². The van der Waals surface area contributed by atoms with Crippen LogP contribution in [0.3, 0.4) is 0 Å². The van der Waals surface area contributed by atoms with Crippen LogP contribution in [0, 0.1) is 10.8 Å². The third-order valence-electron chi connectivity index (χ3n) is 6.28. The Labute approximate surface area is 165 Å². The normalized spacial score (nSPS) is 27.9. The average molecular weight is 379 g/mol. The quantitative estimate of drug-likeness (QED) is 0.536. The van der Waals surface area contributed by atoms with Crippen molar-refractivity contribution >= 4 is 29.2 Å². The highest BCUT2D eigenvalue weighted by molar-refractivity contribution is 7.99. The molecular formula is C23H26N2OS. The van der Waals surface area contributed by atoms with Crippen LogP contribution in [0.2, 0.25) is 0 Å². The van der Waals surface area contributed by atoms with Gasteiger partial charge in [0.05, 0.1) is 11.4 Å². The molecule has 2 aromatic carbocycles. The van der Waals surface area contributed by atoms with Crippen LogP contribution in [-0.4, -0.2) is 23.5 Å². The Morgan fingerprint density at radius 1 is 0.963 bits per heavy atom. The molecule has 5 rings (SSSR count). The minimum atomic E-state index is 0.140. The first-order valence-electron chi connectivity index (χ1n) is 9.82. The van der Waals surface area contributed by atoms with E-state index in [1.54, 1.807) is 11.8 Å². The number of carbonyl (C=O) groups is 1. The number of hydrogen-bond donors (Lipinski definition) is 0. The summed E-state index contributed by atoms with van der Waals surface area (Å²) in [4.78, 5) is 20.3. The van der Waals surface area contributed by atoms with Gasteiger partial charge in [-0.15, -0.1) is 0 Å². The second-order valence-electron chi connectivity index (χ2n) is 9.50. The Morgan fingerprint density at radius 2 is 1.56 bits per heavy atom. The summed E-state index contributed by atoms with van der Waals surface area (Å²) < 4.78 is 0. The minimum Gasteiger partial charge on any atom is -0.320 e. The molecule has 0 N–H and O–H groups in total. The molecule has 2 bridgehead atoms. The lowest BCUT2D eigenvalue weighted by molar-refractivity contribution is 0.130. The first-order valence-corrected chi connectivity index (χ1v) is 10.6. The van der Waals surface area contributed by atoms with Gasteiger partial charge in [0.1, 0.15) is 0 Å². The van der Waals surface area contributed by atoms with Crippen LogP contribution >= 0.6 is 11.8 Å². The van der Waals surface area contributed by atoms with Crippen molar-refractivity contribution in [2.24, 2.45) is 10.8 Å². The highest BCUT2D eigenvalue weighted by Crippen LogP contribution is 2.54. The Kier molecular flexibility index (Phi) is 3.68. The molecule has 0 aromatic heterocycles. The van der Waals surface area contributed by atoms with Crippen molar-refractivity contribution in [2.75, 3.05) is 11.4 Å². The number of rotatable bonds is 0. The molecule has 3 aliphatic rings. The number of amides is 2. The average Bonchev–Trinajstić information content (AvgIpc) is 2.87. The summed E-state index contributed by atoms with van der Waals surface area (Å²) in [7, 11) is 0. The molecule has 140 valence electrons. The van der Waals surface area contributed by atoms with Crippen LogP contribution in [0.5, 0.6) is 0 Å². The number of benzene rings is 2. The molecule has 2 aliphatic heterocycles. The lowest BCUT2D eigenvalue weighted by Crippen LogP contribution is -2.45. The van der Waals surface area contributed by atoms with Crippen molar-refractivity contribution in [3.05, 3.63) is 48.5 Å². The Balaban J connectivity index is 1.56. The number of urea groups is 1. The first-order chi connectivity index (χ1) is 12.9. The van der Waals surface area contributed by atoms with Gasteiger partial charge in [-0.3, -0.25) is 4.90 Å². The van der Waals surface area contributed by atoms with Gasteiger partial charge in [0.15, 0.2) is 0 Å². The van der Waals surface area contributed by atoms with E-state index in [2.05, 4.69) is 62.1 Å². The Bertz CT molecular complexity index is 879.